The van der Waals surface area contributed by atoms with Crippen LogP contribution in [0.25, 0.3) is 0 Å². The monoisotopic (exact) mass is 316 g/mol. The lowest BCUT2D eigenvalue weighted by Crippen LogP contribution is -2.41. The third-order valence-corrected chi connectivity index (χ3v) is 3.12. The van der Waals surface area contributed by atoms with Crippen LogP contribution < -0.4 is 4.74 Å². The Morgan fingerprint density at radius 3 is 2.50 bits per heavy atom. The molecular formula is C13H17BrO4. The van der Waals surface area contributed by atoms with Crippen LogP contribution in [0.4, 0.5) is 0 Å². The van der Waals surface area contributed by atoms with Crippen LogP contribution in [0.5, 0.6) is 5.75 Å². The summed E-state index contributed by atoms with van der Waals surface area (Å²) in [5.41, 5.74) is 0. The molecule has 1 heterocycles. The Labute approximate surface area is 115 Å². The average Bonchev–Trinajstić information content (AvgIpc) is 2.39. The first-order valence-electron chi connectivity index (χ1n) is 5.88. The lowest BCUT2D eigenvalue weighted by Gasteiger charge is -2.29. The van der Waals surface area contributed by atoms with E-state index < -0.39 is 0 Å². The molecule has 1 unspecified atom stereocenters. The number of halogens is 1. The van der Waals surface area contributed by atoms with E-state index in [4.69, 9.17) is 18.9 Å². The van der Waals surface area contributed by atoms with Gasteiger partial charge in [0, 0.05) is 11.6 Å². The van der Waals surface area contributed by atoms with Crippen molar-refractivity contribution in [2.24, 2.45) is 0 Å². The second-order valence-corrected chi connectivity index (χ2v) is 5.05. The standard InChI is InChI=1S/C13H17BrO4/c1-15-6-12-7-16-8-13(18-12)9-17-11-4-2-10(14)3-5-11/h2-5,12-13H,6-9H2,1H3/t12?,13-/m0/s1. The molecule has 0 saturated carbocycles. The first-order valence-corrected chi connectivity index (χ1v) is 6.67. The molecule has 1 aromatic rings. The Bertz CT molecular complexity index is 353. The largest absolute Gasteiger partial charge is 0.491 e. The Kier molecular flexibility index (Phi) is 5.44. The minimum atomic E-state index is -0.0393. The molecule has 5 heteroatoms. The molecule has 1 saturated heterocycles. The molecule has 0 radical (unpaired) electrons. The molecule has 0 aliphatic carbocycles. The summed E-state index contributed by atoms with van der Waals surface area (Å²) in [4.78, 5) is 0. The number of rotatable bonds is 5. The van der Waals surface area contributed by atoms with Crippen molar-refractivity contribution in [3.05, 3.63) is 28.7 Å². The van der Waals surface area contributed by atoms with E-state index in [1.165, 1.54) is 0 Å². The summed E-state index contributed by atoms with van der Waals surface area (Å²) in [6.07, 6.45) is -0.0372. The zero-order valence-corrected chi connectivity index (χ0v) is 11.9. The van der Waals surface area contributed by atoms with Crippen molar-refractivity contribution in [1.82, 2.24) is 0 Å². The zero-order valence-electron chi connectivity index (χ0n) is 10.3. The molecule has 1 aliphatic heterocycles. The van der Waals surface area contributed by atoms with Gasteiger partial charge in [-0.2, -0.15) is 0 Å². The van der Waals surface area contributed by atoms with Crippen LogP contribution in [-0.2, 0) is 14.2 Å². The molecular weight excluding hydrogens is 300 g/mol. The number of hydrogen-bond acceptors (Lipinski definition) is 4. The van der Waals surface area contributed by atoms with Gasteiger partial charge < -0.3 is 18.9 Å². The first kappa shape index (κ1) is 13.8. The molecule has 0 aromatic heterocycles. The Balaban J connectivity index is 1.77. The van der Waals surface area contributed by atoms with Crippen LogP contribution in [-0.4, -0.2) is 45.7 Å². The van der Waals surface area contributed by atoms with Crippen molar-refractivity contribution in [2.75, 3.05) is 33.5 Å². The summed E-state index contributed by atoms with van der Waals surface area (Å²) < 4.78 is 23.0. The molecule has 0 N–H and O–H groups in total. The molecule has 2 rings (SSSR count). The van der Waals surface area contributed by atoms with E-state index in [2.05, 4.69) is 15.9 Å². The van der Waals surface area contributed by atoms with Crippen LogP contribution in [0.15, 0.2) is 28.7 Å². The van der Waals surface area contributed by atoms with Gasteiger partial charge in [0.05, 0.1) is 19.8 Å². The highest BCUT2D eigenvalue weighted by atomic mass is 79.9. The lowest BCUT2D eigenvalue weighted by molar-refractivity contribution is -0.162. The van der Waals surface area contributed by atoms with Crippen LogP contribution in [0.1, 0.15) is 0 Å². The van der Waals surface area contributed by atoms with Gasteiger partial charge in [0.25, 0.3) is 0 Å². The van der Waals surface area contributed by atoms with Gasteiger partial charge in [-0.25, -0.2) is 0 Å². The van der Waals surface area contributed by atoms with Crippen molar-refractivity contribution in [2.45, 2.75) is 12.2 Å². The van der Waals surface area contributed by atoms with E-state index in [9.17, 15) is 0 Å². The maximum Gasteiger partial charge on any atom is 0.119 e. The number of ether oxygens (including phenoxy) is 4. The quantitative estimate of drug-likeness (QED) is 0.835. The van der Waals surface area contributed by atoms with Crippen molar-refractivity contribution < 1.29 is 18.9 Å². The Morgan fingerprint density at radius 2 is 1.83 bits per heavy atom. The molecule has 4 nitrogen and oxygen atoms in total. The van der Waals surface area contributed by atoms with E-state index in [1.807, 2.05) is 24.3 Å². The van der Waals surface area contributed by atoms with Gasteiger partial charge in [0.15, 0.2) is 0 Å². The van der Waals surface area contributed by atoms with Gasteiger partial charge in [-0.3, -0.25) is 0 Å². The van der Waals surface area contributed by atoms with Gasteiger partial charge in [-0.05, 0) is 24.3 Å². The second kappa shape index (κ2) is 7.09. The maximum atomic E-state index is 5.79. The van der Waals surface area contributed by atoms with E-state index in [0.29, 0.717) is 26.4 Å². The summed E-state index contributed by atoms with van der Waals surface area (Å²) in [7, 11) is 1.66. The predicted octanol–water partition coefficient (Wildman–Crippen LogP) is 2.26. The van der Waals surface area contributed by atoms with Gasteiger partial charge in [-0.15, -0.1) is 0 Å². The molecule has 1 aliphatic rings. The van der Waals surface area contributed by atoms with E-state index in [0.717, 1.165) is 10.2 Å². The molecule has 100 valence electrons. The molecule has 0 bridgehead atoms. The average molecular weight is 317 g/mol. The van der Waals surface area contributed by atoms with E-state index >= 15 is 0 Å². The minimum absolute atomic E-state index is 0.00210. The lowest BCUT2D eigenvalue weighted by atomic mass is 10.3. The predicted molar refractivity (Wildman–Crippen MR) is 71.0 cm³/mol. The number of hydrogen-bond donors (Lipinski definition) is 0. The van der Waals surface area contributed by atoms with Crippen LogP contribution in [0.3, 0.4) is 0 Å². The zero-order chi connectivity index (χ0) is 12.8. The summed E-state index contributed by atoms with van der Waals surface area (Å²) >= 11 is 3.38. The highest BCUT2D eigenvalue weighted by molar-refractivity contribution is 9.10. The number of benzene rings is 1. The van der Waals surface area contributed by atoms with E-state index in [1.54, 1.807) is 7.11 Å². The van der Waals surface area contributed by atoms with Crippen molar-refractivity contribution in [3.8, 4) is 5.75 Å². The first-order chi connectivity index (χ1) is 8.78. The summed E-state index contributed by atoms with van der Waals surface area (Å²) in [6.45, 7) is 2.19. The Morgan fingerprint density at radius 1 is 1.17 bits per heavy atom. The molecule has 1 aromatic carbocycles. The topological polar surface area (TPSA) is 36.9 Å². The summed E-state index contributed by atoms with van der Waals surface area (Å²) in [5.74, 6) is 0.829. The minimum Gasteiger partial charge on any atom is -0.491 e. The van der Waals surface area contributed by atoms with Gasteiger partial charge in [-0.1, -0.05) is 15.9 Å². The SMILES string of the molecule is COCC1COC[C@@H](COc2ccc(Br)cc2)O1. The second-order valence-electron chi connectivity index (χ2n) is 4.14. The number of methoxy groups -OCH3 is 1. The van der Waals surface area contributed by atoms with Crippen molar-refractivity contribution in [3.63, 3.8) is 0 Å². The third-order valence-electron chi connectivity index (χ3n) is 2.59. The maximum absolute atomic E-state index is 5.79. The molecule has 18 heavy (non-hydrogen) atoms. The fraction of sp³-hybridized carbons (Fsp3) is 0.538. The molecule has 0 spiro atoms. The van der Waals surface area contributed by atoms with Crippen LogP contribution >= 0.6 is 15.9 Å². The normalized spacial score (nSPS) is 23.9. The van der Waals surface area contributed by atoms with Crippen molar-refractivity contribution in [1.29, 1.82) is 0 Å². The summed E-state index contributed by atoms with van der Waals surface area (Å²) in [5, 5.41) is 0. The smallest absolute Gasteiger partial charge is 0.119 e. The van der Waals surface area contributed by atoms with Gasteiger partial charge in [0.2, 0.25) is 0 Å². The fourth-order valence-corrected chi connectivity index (χ4v) is 2.03. The van der Waals surface area contributed by atoms with E-state index in [-0.39, 0.29) is 12.2 Å². The molecule has 2 atom stereocenters. The summed E-state index contributed by atoms with van der Waals surface area (Å²) in [6, 6.07) is 7.73. The molecule has 0 amide bonds. The highest BCUT2D eigenvalue weighted by Gasteiger charge is 2.23. The van der Waals surface area contributed by atoms with Gasteiger partial charge >= 0.3 is 0 Å². The van der Waals surface area contributed by atoms with Crippen LogP contribution in [0, 0.1) is 0 Å². The van der Waals surface area contributed by atoms with Gasteiger partial charge in [0.1, 0.15) is 24.6 Å². The van der Waals surface area contributed by atoms with Crippen molar-refractivity contribution >= 4 is 15.9 Å². The molecule has 1 fully saturated rings. The fourth-order valence-electron chi connectivity index (χ4n) is 1.76. The Hall–Kier alpha value is -0.620. The van der Waals surface area contributed by atoms with Crippen LogP contribution in [0.2, 0.25) is 0 Å². The highest BCUT2D eigenvalue weighted by Crippen LogP contribution is 2.17. The third kappa shape index (κ3) is 4.24.